The highest BCUT2D eigenvalue weighted by Gasteiger charge is 2.29. The third-order valence-electron chi connectivity index (χ3n) is 5.43. The molecular weight excluding hydrogens is 442 g/mol. The quantitative estimate of drug-likeness (QED) is 0.580. The summed E-state index contributed by atoms with van der Waals surface area (Å²) in [4.78, 5) is 24.5. The number of anilines is 1. The molecule has 0 spiro atoms. The van der Waals surface area contributed by atoms with E-state index in [1.807, 2.05) is 30.3 Å². The van der Waals surface area contributed by atoms with Gasteiger partial charge < -0.3 is 15.4 Å². The first-order valence-electron chi connectivity index (χ1n) is 11.2. The van der Waals surface area contributed by atoms with Gasteiger partial charge in [-0.2, -0.15) is 4.31 Å². The summed E-state index contributed by atoms with van der Waals surface area (Å²) in [6.45, 7) is 4.46. The van der Waals surface area contributed by atoms with Crippen LogP contribution in [0.25, 0.3) is 0 Å². The van der Waals surface area contributed by atoms with Gasteiger partial charge in [0.15, 0.2) is 0 Å². The predicted octanol–water partition coefficient (Wildman–Crippen LogP) is 3.47. The number of carbonyl (C=O) groups excluding carboxylic acids is 2. The van der Waals surface area contributed by atoms with Crippen molar-refractivity contribution < 1.29 is 22.7 Å². The summed E-state index contributed by atoms with van der Waals surface area (Å²) in [5, 5.41) is 5.57. The Bertz CT molecular complexity index is 1070. The summed E-state index contributed by atoms with van der Waals surface area (Å²) in [5.74, 6) is -0.322. The number of ether oxygens (including phenoxy) is 1. The summed E-state index contributed by atoms with van der Waals surface area (Å²) in [6, 6.07) is 13.4. The maximum Gasteiger partial charge on any atom is 0.246 e. The van der Waals surface area contributed by atoms with Gasteiger partial charge >= 0.3 is 0 Å². The Hall–Kier alpha value is -2.91. The standard InChI is InChI=1S/C24H31N3O5S/c1-3-32-22-13-12-20(16-23(22)33(30,31)27-14-8-5-9-15-27)26-24(29)17-21(25-18(2)28)19-10-6-4-7-11-19/h4,6-7,10-13,16,21H,3,5,8-9,14-15,17H2,1-2H3,(H,25,28)(H,26,29). The van der Waals surface area contributed by atoms with Gasteiger partial charge in [-0.3, -0.25) is 9.59 Å². The maximum absolute atomic E-state index is 13.3. The van der Waals surface area contributed by atoms with E-state index in [9.17, 15) is 18.0 Å². The van der Waals surface area contributed by atoms with Crippen molar-refractivity contribution in [3.8, 4) is 5.75 Å². The van der Waals surface area contributed by atoms with Crippen LogP contribution in [0.4, 0.5) is 5.69 Å². The Balaban J connectivity index is 1.82. The van der Waals surface area contributed by atoms with Gasteiger partial charge in [-0.25, -0.2) is 8.42 Å². The minimum Gasteiger partial charge on any atom is -0.492 e. The number of amides is 2. The zero-order valence-electron chi connectivity index (χ0n) is 19.0. The molecule has 1 unspecified atom stereocenters. The number of nitrogens with zero attached hydrogens (tertiary/aromatic N) is 1. The molecule has 2 aromatic carbocycles. The van der Waals surface area contributed by atoms with E-state index in [4.69, 9.17) is 4.74 Å². The number of carbonyl (C=O) groups is 2. The van der Waals surface area contributed by atoms with Gasteiger partial charge in [-0.1, -0.05) is 36.8 Å². The van der Waals surface area contributed by atoms with Crippen molar-refractivity contribution >= 4 is 27.5 Å². The van der Waals surface area contributed by atoms with Crippen LogP contribution < -0.4 is 15.4 Å². The second-order valence-electron chi connectivity index (χ2n) is 7.98. The van der Waals surface area contributed by atoms with Crippen LogP contribution in [0.1, 0.15) is 51.1 Å². The van der Waals surface area contributed by atoms with Crippen molar-refractivity contribution in [1.82, 2.24) is 9.62 Å². The Kier molecular flexibility index (Phi) is 8.46. The van der Waals surface area contributed by atoms with E-state index in [1.165, 1.54) is 17.3 Å². The molecule has 1 heterocycles. The molecule has 1 aliphatic rings. The molecule has 0 saturated carbocycles. The number of hydrogen-bond donors (Lipinski definition) is 2. The van der Waals surface area contributed by atoms with Crippen molar-refractivity contribution in [3.05, 3.63) is 54.1 Å². The molecule has 0 radical (unpaired) electrons. The fourth-order valence-electron chi connectivity index (χ4n) is 3.89. The van der Waals surface area contributed by atoms with Crippen molar-refractivity contribution in [2.24, 2.45) is 0 Å². The highest BCUT2D eigenvalue weighted by atomic mass is 32.2. The fourth-order valence-corrected chi connectivity index (χ4v) is 5.56. The molecular formula is C24H31N3O5S. The van der Waals surface area contributed by atoms with Gasteiger partial charge in [-0.05, 0) is 43.5 Å². The van der Waals surface area contributed by atoms with Crippen LogP contribution in [-0.2, 0) is 19.6 Å². The van der Waals surface area contributed by atoms with E-state index >= 15 is 0 Å². The van der Waals surface area contributed by atoms with Crippen molar-refractivity contribution in [3.63, 3.8) is 0 Å². The SMILES string of the molecule is CCOc1ccc(NC(=O)CC(NC(C)=O)c2ccccc2)cc1S(=O)(=O)N1CCCCC1. The largest absolute Gasteiger partial charge is 0.492 e. The van der Waals surface area contributed by atoms with Crippen molar-refractivity contribution in [1.29, 1.82) is 0 Å². The normalized spacial score (nSPS) is 15.5. The van der Waals surface area contributed by atoms with Crippen LogP contribution >= 0.6 is 0 Å². The molecule has 1 fully saturated rings. The second-order valence-corrected chi connectivity index (χ2v) is 9.88. The zero-order valence-corrected chi connectivity index (χ0v) is 19.9. The molecule has 178 valence electrons. The van der Waals surface area contributed by atoms with E-state index in [1.54, 1.807) is 19.1 Å². The fraction of sp³-hybridized carbons (Fsp3) is 0.417. The van der Waals surface area contributed by atoms with Crippen LogP contribution in [0, 0.1) is 0 Å². The van der Waals surface area contributed by atoms with Crippen LogP contribution in [0.2, 0.25) is 0 Å². The van der Waals surface area contributed by atoms with E-state index in [0.717, 1.165) is 24.8 Å². The lowest BCUT2D eigenvalue weighted by Crippen LogP contribution is -2.35. The lowest BCUT2D eigenvalue weighted by atomic mass is 10.0. The third-order valence-corrected chi connectivity index (χ3v) is 7.35. The molecule has 1 saturated heterocycles. The summed E-state index contributed by atoms with van der Waals surface area (Å²) >= 11 is 0. The Labute approximate surface area is 195 Å². The lowest BCUT2D eigenvalue weighted by molar-refractivity contribution is -0.120. The van der Waals surface area contributed by atoms with Gasteiger partial charge in [0.25, 0.3) is 0 Å². The van der Waals surface area contributed by atoms with Crippen LogP contribution in [0.15, 0.2) is 53.4 Å². The zero-order chi connectivity index (χ0) is 23.8. The molecule has 2 amide bonds. The lowest BCUT2D eigenvalue weighted by Gasteiger charge is -2.27. The first kappa shape index (κ1) is 24.7. The minimum absolute atomic E-state index is 0.00497. The van der Waals surface area contributed by atoms with E-state index < -0.39 is 16.1 Å². The minimum atomic E-state index is -3.76. The van der Waals surface area contributed by atoms with Crippen LogP contribution in [-0.4, -0.2) is 44.2 Å². The molecule has 33 heavy (non-hydrogen) atoms. The van der Waals surface area contributed by atoms with E-state index in [0.29, 0.717) is 25.4 Å². The van der Waals surface area contributed by atoms with Gasteiger partial charge in [0.05, 0.1) is 19.1 Å². The summed E-state index contributed by atoms with van der Waals surface area (Å²) in [6.07, 6.45) is 2.66. The molecule has 2 N–H and O–H groups in total. The van der Waals surface area contributed by atoms with E-state index in [2.05, 4.69) is 10.6 Å². The van der Waals surface area contributed by atoms with Crippen LogP contribution in [0.3, 0.4) is 0 Å². The summed E-state index contributed by atoms with van der Waals surface area (Å²) in [5.41, 5.74) is 1.16. The van der Waals surface area contributed by atoms with Gasteiger partial charge in [0.1, 0.15) is 10.6 Å². The molecule has 0 bridgehead atoms. The molecule has 0 aromatic heterocycles. The highest BCUT2D eigenvalue weighted by molar-refractivity contribution is 7.89. The number of piperidine rings is 1. The number of rotatable bonds is 9. The monoisotopic (exact) mass is 473 g/mol. The Morgan fingerprint density at radius 3 is 2.39 bits per heavy atom. The molecule has 0 aliphatic carbocycles. The third kappa shape index (κ3) is 6.55. The Morgan fingerprint density at radius 2 is 1.76 bits per heavy atom. The van der Waals surface area contributed by atoms with Gasteiger partial charge in [-0.15, -0.1) is 0 Å². The molecule has 9 heteroatoms. The van der Waals surface area contributed by atoms with Crippen LogP contribution in [0.5, 0.6) is 5.75 Å². The smallest absolute Gasteiger partial charge is 0.246 e. The maximum atomic E-state index is 13.3. The summed E-state index contributed by atoms with van der Waals surface area (Å²) in [7, 11) is -3.76. The first-order valence-corrected chi connectivity index (χ1v) is 12.6. The summed E-state index contributed by atoms with van der Waals surface area (Å²) < 4.78 is 33.6. The Morgan fingerprint density at radius 1 is 1.06 bits per heavy atom. The average Bonchev–Trinajstić information content (AvgIpc) is 2.80. The topological polar surface area (TPSA) is 105 Å². The van der Waals surface area contributed by atoms with E-state index in [-0.39, 0.29) is 28.9 Å². The molecule has 1 aliphatic heterocycles. The number of benzene rings is 2. The molecule has 2 aromatic rings. The molecule has 3 rings (SSSR count). The van der Waals surface area contributed by atoms with Crippen molar-refractivity contribution in [2.45, 2.75) is 50.5 Å². The van der Waals surface area contributed by atoms with Gasteiger partial charge in [0.2, 0.25) is 21.8 Å². The second kappa shape index (κ2) is 11.3. The van der Waals surface area contributed by atoms with Crippen molar-refractivity contribution in [2.75, 3.05) is 25.0 Å². The number of hydrogen-bond acceptors (Lipinski definition) is 5. The first-order chi connectivity index (χ1) is 15.8. The molecule has 1 atom stereocenters. The molecule has 8 nitrogen and oxygen atoms in total. The highest BCUT2D eigenvalue weighted by Crippen LogP contribution is 2.31. The number of sulfonamides is 1. The average molecular weight is 474 g/mol. The predicted molar refractivity (Wildman–Crippen MR) is 126 cm³/mol. The number of nitrogens with one attached hydrogen (secondary N) is 2. The van der Waals surface area contributed by atoms with Gasteiger partial charge in [0, 0.05) is 25.7 Å².